The SMILES string of the molecule is CC(C)(C)CCCCCCCCCCCSCCCCCCCCCCCC(C)(C)C. The Labute approximate surface area is 203 Å². The minimum absolute atomic E-state index is 0.531. The zero-order chi connectivity index (χ0) is 23.3. The molecule has 0 unspecified atom stereocenters. The Kier molecular flexibility index (Phi) is 21.2. The first kappa shape index (κ1) is 31.4. The Morgan fingerprint density at radius 3 is 0.806 bits per heavy atom. The highest BCUT2D eigenvalue weighted by Crippen LogP contribution is 2.23. The maximum atomic E-state index is 2.36. The lowest BCUT2D eigenvalue weighted by atomic mass is 9.89. The van der Waals surface area contributed by atoms with E-state index in [1.54, 1.807) is 0 Å². The lowest BCUT2D eigenvalue weighted by Gasteiger charge is -2.17. The Balaban J connectivity index is 3.07. The maximum Gasteiger partial charge on any atom is -0.00675 e. The monoisotopic (exact) mass is 454 g/mol. The van der Waals surface area contributed by atoms with Crippen LogP contribution in [0, 0.1) is 10.8 Å². The van der Waals surface area contributed by atoms with Gasteiger partial charge in [0.15, 0.2) is 0 Å². The molecular formula is C30H62S. The molecule has 0 aromatic carbocycles. The highest BCUT2D eigenvalue weighted by atomic mass is 32.2. The third kappa shape index (κ3) is 30.4. The molecule has 0 rings (SSSR count). The molecule has 0 aliphatic rings. The third-order valence-electron chi connectivity index (χ3n) is 6.43. The highest BCUT2D eigenvalue weighted by Gasteiger charge is 2.09. The minimum atomic E-state index is 0.531. The second kappa shape index (κ2) is 20.9. The van der Waals surface area contributed by atoms with Crippen molar-refractivity contribution in [1.82, 2.24) is 0 Å². The van der Waals surface area contributed by atoms with Crippen molar-refractivity contribution in [2.45, 2.75) is 170 Å². The lowest BCUT2D eigenvalue weighted by molar-refractivity contribution is 0.356. The van der Waals surface area contributed by atoms with Crippen molar-refractivity contribution in [1.29, 1.82) is 0 Å². The summed E-state index contributed by atoms with van der Waals surface area (Å²) in [5.41, 5.74) is 1.06. The van der Waals surface area contributed by atoms with Crippen molar-refractivity contribution >= 4 is 11.8 Å². The first-order valence-corrected chi connectivity index (χ1v) is 15.4. The summed E-state index contributed by atoms with van der Waals surface area (Å²) in [4.78, 5) is 0. The molecule has 31 heavy (non-hydrogen) atoms. The quantitative estimate of drug-likeness (QED) is 0.146. The Morgan fingerprint density at radius 2 is 0.548 bits per heavy atom. The van der Waals surface area contributed by atoms with E-state index in [4.69, 9.17) is 0 Å². The fourth-order valence-electron chi connectivity index (χ4n) is 4.30. The lowest BCUT2D eigenvalue weighted by Crippen LogP contribution is -2.03. The first-order chi connectivity index (χ1) is 14.7. The minimum Gasteiger partial charge on any atom is -0.162 e. The van der Waals surface area contributed by atoms with Crippen LogP contribution in [0.25, 0.3) is 0 Å². The van der Waals surface area contributed by atoms with Crippen molar-refractivity contribution in [3.8, 4) is 0 Å². The molecule has 0 aliphatic carbocycles. The topological polar surface area (TPSA) is 0 Å². The maximum absolute atomic E-state index is 2.36. The summed E-state index contributed by atoms with van der Waals surface area (Å²) in [7, 11) is 0. The van der Waals surface area contributed by atoms with E-state index in [9.17, 15) is 0 Å². The van der Waals surface area contributed by atoms with Gasteiger partial charge < -0.3 is 0 Å². The van der Waals surface area contributed by atoms with Crippen LogP contribution in [0.5, 0.6) is 0 Å². The van der Waals surface area contributed by atoms with Crippen LogP contribution in [0.15, 0.2) is 0 Å². The molecule has 0 bridgehead atoms. The summed E-state index contributed by atoms with van der Waals surface area (Å²) in [5, 5.41) is 0. The Hall–Kier alpha value is 0.350. The van der Waals surface area contributed by atoms with Gasteiger partial charge >= 0.3 is 0 Å². The average Bonchev–Trinajstić information content (AvgIpc) is 2.67. The van der Waals surface area contributed by atoms with E-state index in [0.29, 0.717) is 10.8 Å². The smallest absolute Gasteiger partial charge is 0.00675 e. The first-order valence-electron chi connectivity index (χ1n) is 14.3. The third-order valence-corrected chi connectivity index (χ3v) is 7.59. The molecule has 0 aliphatic heterocycles. The molecule has 0 saturated carbocycles. The van der Waals surface area contributed by atoms with E-state index < -0.39 is 0 Å². The van der Waals surface area contributed by atoms with Crippen LogP contribution >= 0.6 is 11.8 Å². The molecule has 0 nitrogen and oxygen atoms in total. The molecule has 0 heterocycles. The van der Waals surface area contributed by atoms with Gasteiger partial charge in [0.1, 0.15) is 0 Å². The van der Waals surface area contributed by atoms with Gasteiger partial charge in [0.25, 0.3) is 0 Å². The van der Waals surface area contributed by atoms with E-state index in [0.717, 1.165) is 0 Å². The van der Waals surface area contributed by atoms with E-state index in [-0.39, 0.29) is 0 Å². The largest absolute Gasteiger partial charge is 0.162 e. The van der Waals surface area contributed by atoms with E-state index in [2.05, 4.69) is 53.3 Å². The molecule has 0 saturated heterocycles. The number of unbranched alkanes of at least 4 members (excludes halogenated alkanes) is 16. The highest BCUT2D eigenvalue weighted by molar-refractivity contribution is 7.99. The van der Waals surface area contributed by atoms with Gasteiger partial charge in [-0.3, -0.25) is 0 Å². The molecule has 0 fully saturated rings. The molecule has 188 valence electrons. The van der Waals surface area contributed by atoms with Gasteiger partial charge in [0.05, 0.1) is 0 Å². The predicted octanol–water partition coefficient (Wildman–Crippen LogP) is 11.6. The molecule has 0 aromatic heterocycles. The van der Waals surface area contributed by atoms with Crippen LogP contribution in [0.1, 0.15) is 170 Å². The predicted molar refractivity (Wildman–Crippen MR) is 149 cm³/mol. The van der Waals surface area contributed by atoms with Crippen molar-refractivity contribution in [3.63, 3.8) is 0 Å². The second-order valence-corrected chi connectivity index (χ2v) is 13.8. The van der Waals surface area contributed by atoms with Crippen molar-refractivity contribution in [3.05, 3.63) is 0 Å². The summed E-state index contributed by atoms with van der Waals surface area (Å²) in [5.74, 6) is 2.81. The average molecular weight is 455 g/mol. The van der Waals surface area contributed by atoms with Crippen LogP contribution in [0.2, 0.25) is 0 Å². The van der Waals surface area contributed by atoms with Gasteiger partial charge in [0, 0.05) is 0 Å². The Bertz CT molecular complexity index is 312. The fraction of sp³-hybridized carbons (Fsp3) is 1.00. The number of thioether (sulfide) groups is 1. The summed E-state index contributed by atoms with van der Waals surface area (Å²) in [6.07, 6.45) is 29.1. The summed E-state index contributed by atoms with van der Waals surface area (Å²) >= 11 is 2.21. The van der Waals surface area contributed by atoms with E-state index in [1.807, 2.05) is 0 Å². The summed E-state index contributed by atoms with van der Waals surface area (Å²) in [6.45, 7) is 14.2. The standard InChI is InChI=1S/C30H62S/c1-29(2,3)25-21-17-13-9-7-11-15-19-23-27-31-28-24-20-16-12-8-10-14-18-22-26-30(4,5)6/h7-28H2,1-6H3. The number of rotatable bonds is 22. The summed E-state index contributed by atoms with van der Waals surface area (Å²) in [6, 6.07) is 0. The van der Waals surface area contributed by atoms with Crippen LogP contribution in [0.4, 0.5) is 0 Å². The van der Waals surface area contributed by atoms with Gasteiger partial charge in [-0.15, -0.1) is 0 Å². The Morgan fingerprint density at radius 1 is 0.323 bits per heavy atom. The number of hydrogen-bond donors (Lipinski definition) is 0. The molecule has 0 N–H and O–H groups in total. The van der Waals surface area contributed by atoms with Crippen molar-refractivity contribution < 1.29 is 0 Å². The molecule has 0 spiro atoms. The van der Waals surface area contributed by atoms with E-state index in [1.165, 1.54) is 140 Å². The van der Waals surface area contributed by atoms with Crippen molar-refractivity contribution in [2.24, 2.45) is 10.8 Å². The zero-order valence-electron chi connectivity index (χ0n) is 23.0. The van der Waals surface area contributed by atoms with Gasteiger partial charge in [-0.25, -0.2) is 0 Å². The zero-order valence-corrected chi connectivity index (χ0v) is 23.8. The van der Waals surface area contributed by atoms with Crippen LogP contribution in [-0.2, 0) is 0 Å². The van der Waals surface area contributed by atoms with Gasteiger partial charge in [-0.2, -0.15) is 11.8 Å². The van der Waals surface area contributed by atoms with Gasteiger partial charge in [-0.1, -0.05) is 144 Å². The molecule has 1 heteroatoms. The normalized spacial score (nSPS) is 12.6. The fourth-order valence-corrected chi connectivity index (χ4v) is 5.32. The molecule has 0 radical (unpaired) electrons. The van der Waals surface area contributed by atoms with Crippen LogP contribution in [-0.4, -0.2) is 11.5 Å². The molecular weight excluding hydrogens is 392 g/mol. The van der Waals surface area contributed by atoms with Crippen molar-refractivity contribution in [2.75, 3.05) is 11.5 Å². The van der Waals surface area contributed by atoms with Gasteiger partial charge in [-0.05, 0) is 48.0 Å². The number of hydrogen-bond acceptors (Lipinski definition) is 1. The molecule has 0 atom stereocenters. The molecule has 0 aromatic rings. The van der Waals surface area contributed by atoms with Gasteiger partial charge in [0.2, 0.25) is 0 Å². The summed E-state index contributed by atoms with van der Waals surface area (Å²) < 4.78 is 0. The van der Waals surface area contributed by atoms with Crippen LogP contribution < -0.4 is 0 Å². The van der Waals surface area contributed by atoms with E-state index >= 15 is 0 Å². The molecule has 0 amide bonds. The van der Waals surface area contributed by atoms with Crippen LogP contribution in [0.3, 0.4) is 0 Å². The second-order valence-electron chi connectivity index (χ2n) is 12.6.